The molecule has 0 fully saturated rings. The van der Waals surface area contributed by atoms with Crippen LogP contribution >= 0.6 is 11.3 Å². The fraction of sp³-hybridized carbons (Fsp3) is 0.217. The number of hydrogen-bond acceptors (Lipinski definition) is 5. The highest BCUT2D eigenvalue weighted by Crippen LogP contribution is 2.38. The first-order valence-corrected chi connectivity index (χ1v) is 10.4. The van der Waals surface area contributed by atoms with Crippen molar-refractivity contribution in [1.82, 2.24) is 5.32 Å². The van der Waals surface area contributed by atoms with E-state index in [1.807, 2.05) is 23.6 Å². The fourth-order valence-corrected chi connectivity index (χ4v) is 4.72. The van der Waals surface area contributed by atoms with Gasteiger partial charge in [0.25, 0.3) is 5.91 Å². The Morgan fingerprint density at radius 1 is 1.21 bits per heavy atom. The molecule has 0 spiro atoms. The maximum absolute atomic E-state index is 11.9. The van der Waals surface area contributed by atoms with E-state index in [1.54, 1.807) is 0 Å². The molecule has 0 aliphatic heterocycles. The number of hydrogen-bond donors (Lipinski definition) is 2. The average molecular weight is 407 g/mol. The SMILES string of the molecule is CNC(=O)/C(=N/O)c1sccc1COc1ccc(C2CCc3ccccc32)cc1. The van der Waals surface area contributed by atoms with E-state index in [9.17, 15) is 10.0 Å². The van der Waals surface area contributed by atoms with Gasteiger partial charge >= 0.3 is 0 Å². The van der Waals surface area contributed by atoms with Gasteiger partial charge in [-0.25, -0.2) is 0 Å². The largest absolute Gasteiger partial charge is 0.489 e. The molecule has 0 bridgehead atoms. The van der Waals surface area contributed by atoms with Crippen LogP contribution in [0.5, 0.6) is 5.75 Å². The number of fused-ring (bicyclic) bond motifs is 1. The van der Waals surface area contributed by atoms with Gasteiger partial charge in [-0.3, -0.25) is 4.79 Å². The molecule has 1 atom stereocenters. The topological polar surface area (TPSA) is 70.9 Å². The molecule has 4 rings (SSSR count). The van der Waals surface area contributed by atoms with Crippen LogP contribution in [0.3, 0.4) is 0 Å². The number of nitrogens with zero attached hydrogens (tertiary/aromatic N) is 1. The van der Waals surface area contributed by atoms with Crippen molar-refractivity contribution < 1.29 is 14.7 Å². The molecule has 6 heteroatoms. The molecule has 1 unspecified atom stereocenters. The smallest absolute Gasteiger partial charge is 0.274 e. The third kappa shape index (κ3) is 3.89. The minimum absolute atomic E-state index is 0.00338. The molecule has 1 aliphatic rings. The number of amides is 1. The Morgan fingerprint density at radius 2 is 2.00 bits per heavy atom. The number of likely N-dealkylation sites (N-methyl/N-ethyl adjacent to an activating group) is 1. The van der Waals surface area contributed by atoms with Gasteiger partial charge < -0.3 is 15.3 Å². The molecular formula is C23H22N2O3S. The van der Waals surface area contributed by atoms with Crippen molar-refractivity contribution in [3.63, 3.8) is 0 Å². The maximum atomic E-state index is 11.9. The number of nitrogens with one attached hydrogen (secondary N) is 1. The van der Waals surface area contributed by atoms with Crippen LogP contribution in [-0.4, -0.2) is 23.9 Å². The Bertz CT molecular complexity index is 1040. The monoisotopic (exact) mass is 406 g/mol. The summed E-state index contributed by atoms with van der Waals surface area (Å²) in [5, 5.41) is 16.7. The normalized spacial score (nSPS) is 15.8. The van der Waals surface area contributed by atoms with Crippen molar-refractivity contribution in [3.8, 4) is 5.75 Å². The number of thiophene rings is 1. The lowest BCUT2D eigenvalue weighted by atomic mass is 9.93. The Balaban J connectivity index is 1.45. The van der Waals surface area contributed by atoms with Gasteiger partial charge in [0.1, 0.15) is 12.4 Å². The zero-order chi connectivity index (χ0) is 20.2. The van der Waals surface area contributed by atoms with Gasteiger partial charge in [0.2, 0.25) is 0 Å². The lowest BCUT2D eigenvalue weighted by molar-refractivity contribution is -0.114. The minimum atomic E-state index is -0.433. The zero-order valence-corrected chi connectivity index (χ0v) is 16.9. The van der Waals surface area contributed by atoms with E-state index in [0.717, 1.165) is 24.2 Å². The lowest BCUT2D eigenvalue weighted by Crippen LogP contribution is -2.28. The second-order valence-corrected chi connectivity index (χ2v) is 7.87. The third-order valence-corrected chi connectivity index (χ3v) is 6.28. The van der Waals surface area contributed by atoms with Gasteiger partial charge in [-0.05, 0) is 53.1 Å². The van der Waals surface area contributed by atoms with Gasteiger partial charge in [-0.2, -0.15) is 0 Å². The minimum Gasteiger partial charge on any atom is -0.489 e. The quantitative estimate of drug-likeness (QED) is 0.364. The summed E-state index contributed by atoms with van der Waals surface area (Å²) in [6, 6.07) is 18.8. The molecule has 29 heavy (non-hydrogen) atoms. The van der Waals surface area contributed by atoms with Crippen LogP contribution in [0.1, 0.15) is 39.5 Å². The highest BCUT2D eigenvalue weighted by atomic mass is 32.1. The zero-order valence-electron chi connectivity index (χ0n) is 16.1. The number of benzene rings is 2. The second-order valence-electron chi connectivity index (χ2n) is 6.95. The molecule has 0 saturated carbocycles. The lowest BCUT2D eigenvalue weighted by Gasteiger charge is -2.13. The molecule has 1 aliphatic carbocycles. The van der Waals surface area contributed by atoms with Crippen LogP contribution in [0.15, 0.2) is 65.1 Å². The Kier molecular flexibility index (Phi) is 5.62. The predicted molar refractivity (Wildman–Crippen MR) is 114 cm³/mol. The van der Waals surface area contributed by atoms with Gasteiger partial charge in [0.15, 0.2) is 5.71 Å². The van der Waals surface area contributed by atoms with Crippen LogP contribution < -0.4 is 10.1 Å². The number of carbonyl (C=O) groups excluding carboxylic acids is 1. The van der Waals surface area contributed by atoms with Crippen LogP contribution in [-0.2, 0) is 17.8 Å². The molecule has 0 radical (unpaired) electrons. The van der Waals surface area contributed by atoms with Crippen LogP contribution in [0.2, 0.25) is 0 Å². The molecule has 3 aromatic rings. The molecular weight excluding hydrogens is 384 g/mol. The maximum Gasteiger partial charge on any atom is 0.274 e. The van der Waals surface area contributed by atoms with E-state index in [0.29, 0.717) is 17.4 Å². The van der Waals surface area contributed by atoms with E-state index < -0.39 is 5.91 Å². The number of ether oxygens (including phenoxy) is 1. The fourth-order valence-electron chi connectivity index (χ4n) is 3.83. The van der Waals surface area contributed by atoms with Crippen molar-refractivity contribution in [2.45, 2.75) is 25.4 Å². The number of oxime groups is 1. The second kappa shape index (κ2) is 8.49. The van der Waals surface area contributed by atoms with Gasteiger partial charge in [-0.15, -0.1) is 11.3 Å². The van der Waals surface area contributed by atoms with E-state index in [4.69, 9.17) is 4.74 Å². The molecule has 0 saturated heterocycles. The van der Waals surface area contributed by atoms with Crippen LogP contribution in [0.25, 0.3) is 0 Å². The van der Waals surface area contributed by atoms with Crippen molar-refractivity contribution in [3.05, 3.63) is 87.1 Å². The molecule has 1 amide bonds. The predicted octanol–water partition coefficient (Wildman–Crippen LogP) is 4.33. The summed E-state index contributed by atoms with van der Waals surface area (Å²) < 4.78 is 5.92. The molecule has 5 nitrogen and oxygen atoms in total. The highest BCUT2D eigenvalue weighted by Gasteiger charge is 2.23. The van der Waals surface area contributed by atoms with Gasteiger partial charge in [0.05, 0.1) is 4.88 Å². The summed E-state index contributed by atoms with van der Waals surface area (Å²) in [5.41, 5.74) is 4.97. The summed E-state index contributed by atoms with van der Waals surface area (Å²) in [4.78, 5) is 12.5. The van der Waals surface area contributed by atoms with Gasteiger partial charge in [0, 0.05) is 18.5 Å². The summed E-state index contributed by atoms with van der Waals surface area (Å²) in [5.74, 6) is 0.775. The first-order valence-electron chi connectivity index (χ1n) is 9.52. The molecule has 1 heterocycles. The van der Waals surface area contributed by atoms with E-state index >= 15 is 0 Å². The number of carbonyl (C=O) groups is 1. The van der Waals surface area contributed by atoms with E-state index in [1.165, 1.54) is 35.1 Å². The first kappa shape index (κ1) is 19.2. The number of rotatable bonds is 6. The standard InChI is InChI=1S/C23H22N2O3S/c1-24-23(26)21(25-27)22-17(12-13-29-22)14-28-18-9-6-16(7-10-18)20-11-8-15-4-2-3-5-19(15)20/h2-7,9-10,12-13,20,27H,8,11,14H2,1H3,(H,24,26)/b25-21+. The van der Waals surface area contributed by atoms with Gasteiger partial charge in [-0.1, -0.05) is 41.6 Å². The Morgan fingerprint density at radius 3 is 2.76 bits per heavy atom. The average Bonchev–Trinajstić information content (AvgIpc) is 3.40. The van der Waals surface area contributed by atoms with E-state index in [-0.39, 0.29) is 5.71 Å². The van der Waals surface area contributed by atoms with Crippen molar-refractivity contribution in [2.75, 3.05) is 7.05 Å². The Labute approximate surface area is 173 Å². The van der Waals surface area contributed by atoms with E-state index in [2.05, 4.69) is 46.9 Å². The van der Waals surface area contributed by atoms with Crippen molar-refractivity contribution in [1.29, 1.82) is 0 Å². The molecule has 1 aromatic heterocycles. The summed E-state index contributed by atoms with van der Waals surface area (Å²) in [6.07, 6.45) is 2.26. The van der Waals surface area contributed by atoms with Crippen molar-refractivity contribution >= 4 is 23.0 Å². The molecule has 2 N–H and O–H groups in total. The summed E-state index contributed by atoms with van der Waals surface area (Å²) in [6.45, 7) is 0.292. The Hall–Kier alpha value is -3.12. The van der Waals surface area contributed by atoms with Crippen molar-refractivity contribution in [2.24, 2.45) is 5.16 Å². The third-order valence-electron chi connectivity index (χ3n) is 5.31. The summed E-state index contributed by atoms with van der Waals surface area (Å²) >= 11 is 1.34. The number of aryl methyl sites for hydroxylation is 1. The first-order chi connectivity index (χ1) is 14.2. The highest BCUT2D eigenvalue weighted by molar-refractivity contribution is 7.13. The molecule has 148 valence electrons. The summed E-state index contributed by atoms with van der Waals surface area (Å²) in [7, 11) is 1.50. The van der Waals surface area contributed by atoms with Crippen LogP contribution in [0, 0.1) is 0 Å². The van der Waals surface area contributed by atoms with Crippen LogP contribution in [0.4, 0.5) is 0 Å². The molecule has 2 aromatic carbocycles.